The van der Waals surface area contributed by atoms with E-state index in [1.165, 1.54) is 42.7 Å². The monoisotopic (exact) mass is 232 g/mol. The van der Waals surface area contributed by atoms with Gasteiger partial charge in [0.2, 0.25) is 0 Å². The van der Waals surface area contributed by atoms with E-state index in [-0.39, 0.29) is 7.92 Å². The molecule has 2 rings (SSSR count). The lowest BCUT2D eigenvalue weighted by Gasteiger charge is -2.07. The molecule has 0 saturated heterocycles. The van der Waals surface area contributed by atoms with E-state index in [0.717, 1.165) is 6.42 Å². The number of rotatable bonds is 6. The van der Waals surface area contributed by atoms with Crippen molar-refractivity contribution in [2.45, 2.75) is 32.6 Å². The van der Waals surface area contributed by atoms with Gasteiger partial charge in [-0.25, -0.2) is 0 Å². The van der Waals surface area contributed by atoms with Crippen molar-refractivity contribution in [2.75, 3.05) is 12.3 Å². The van der Waals surface area contributed by atoms with Crippen molar-refractivity contribution < 1.29 is 0 Å². The maximum Gasteiger partial charge on any atom is -0.00322 e. The summed E-state index contributed by atoms with van der Waals surface area (Å²) in [5.74, 6) is 2.55. The van der Waals surface area contributed by atoms with Crippen molar-refractivity contribution in [1.29, 1.82) is 0 Å². The minimum atomic E-state index is 0.181. The third-order valence-electron chi connectivity index (χ3n) is 3.20. The number of fused-ring (bicyclic) bond motifs is 1. The standard InChI is InChI=1S/C15H21P/c1-3-5-6-8-16-11-14-9-13(7-4-2)10-15(14)12-16/h4,9-11H,2-3,5-8,12H2,1H3. The van der Waals surface area contributed by atoms with Crippen LogP contribution in [0.15, 0.2) is 47.3 Å². The van der Waals surface area contributed by atoms with Gasteiger partial charge in [0.05, 0.1) is 0 Å². The zero-order chi connectivity index (χ0) is 11.4. The summed E-state index contributed by atoms with van der Waals surface area (Å²) in [5.41, 5.74) is 4.57. The maximum absolute atomic E-state index is 3.80. The summed E-state index contributed by atoms with van der Waals surface area (Å²) in [7, 11) is 0.181. The normalized spacial score (nSPS) is 22.6. The Morgan fingerprint density at radius 1 is 1.38 bits per heavy atom. The summed E-state index contributed by atoms with van der Waals surface area (Å²) < 4.78 is 0. The fourth-order valence-electron chi connectivity index (χ4n) is 2.35. The molecule has 86 valence electrons. The maximum atomic E-state index is 3.80. The topological polar surface area (TPSA) is 0 Å². The van der Waals surface area contributed by atoms with E-state index in [1.54, 1.807) is 5.57 Å². The Labute approximate surface area is 101 Å². The van der Waals surface area contributed by atoms with Crippen LogP contribution in [0.2, 0.25) is 0 Å². The van der Waals surface area contributed by atoms with Crippen LogP contribution in [0.4, 0.5) is 0 Å². The lowest BCUT2D eigenvalue weighted by atomic mass is 10.2. The van der Waals surface area contributed by atoms with Gasteiger partial charge in [-0.3, -0.25) is 0 Å². The minimum Gasteiger partial charge on any atom is -0.103 e. The van der Waals surface area contributed by atoms with Gasteiger partial charge in [-0.15, -0.1) is 6.58 Å². The first-order valence-corrected chi connectivity index (χ1v) is 8.10. The molecule has 2 aliphatic rings. The van der Waals surface area contributed by atoms with Crippen LogP contribution in [-0.2, 0) is 0 Å². The van der Waals surface area contributed by atoms with Gasteiger partial charge in [0.1, 0.15) is 0 Å². The zero-order valence-electron chi connectivity index (χ0n) is 10.2. The number of unbranched alkanes of at least 4 members (excludes halogenated alkanes) is 2. The zero-order valence-corrected chi connectivity index (χ0v) is 11.1. The summed E-state index contributed by atoms with van der Waals surface area (Å²) >= 11 is 0. The van der Waals surface area contributed by atoms with Gasteiger partial charge in [-0.2, -0.15) is 0 Å². The smallest absolute Gasteiger partial charge is 0.00322 e. The molecule has 0 fully saturated rings. The molecule has 1 atom stereocenters. The van der Waals surface area contributed by atoms with Crippen LogP contribution < -0.4 is 0 Å². The molecule has 16 heavy (non-hydrogen) atoms. The second-order valence-corrected chi connectivity index (χ2v) is 6.84. The van der Waals surface area contributed by atoms with E-state index >= 15 is 0 Å². The molecule has 0 aromatic carbocycles. The van der Waals surface area contributed by atoms with Crippen LogP contribution in [0, 0.1) is 0 Å². The lowest BCUT2D eigenvalue weighted by molar-refractivity contribution is 0.776. The number of hydrogen-bond donors (Lipinski definition) is 0. The highest BCUT2D eigenvalue weighted by atomic mass is 31.1. The number of allylic oxidation sites excluding steroid dienone is 6. The van der Waals surface area contributed by atoms with Crippen molar-refractivity contribution in [1.82, 2.24) is 0 Å². The fourth-order valence-corrected chi connectivity index (χ4v) is 4.71. The van der Waals surface area contributed by atoms with Gasteiger partial charge >= 0.3 is 0 Å². The Balaban J connectivity index is 1.89. The van der Waals surface area contributed by atoms with Crippen LogP contribution in [0.5, 0.6) is 0 Å². The molecule has 0 bridgehead atoms. The quantitative estimate of drug-likeness (QED) is 0.343. The van der Waals surface area contributed by atoms with Crippen LogP contribution in [-0.4, -0.2) is 12.3 Å². The second kappa shape index (κ2) is 5.64. The van der Waals surface area contributed by atoms with Crippen LogP contribution >= 0.6 is 7.92 Å². The molecule has 1 heterocycles. The van der Waals surface area contributed by atoms with Gasteiger partial charge in [0.25, 0.3) is 0 Å². The first kappa shape index (κ1) is 11.9. The van der Waals surface area contributed by atoms with Gasteiger partial charge in [0.15, 0.2) is 0 Å². The van der Waals surface area contributed by atoms with Crippen LogP contribution in [0.25, 0.3) is 0 Å². The summed E-state index contributed by atoms with van der Waals surface area (Å²) in [4.78, 5) is 0. The second-order valence-electron chi connectivity index (χ2n) is 4.64. The molecule has 1 aliphatic carbocycles. The summed E-state index contributed by atoms with van der Waals surface area (Å²) in [6.45, 7) is 6.08. The van der Waals surface area contributed by atoms with Crippen molar-refractivity contribution >= 4 is 7.92 Å². The number of hydrogen-bond acceptors (Lipinski definition) is 0. The van der Waals surface area contributed by atoms with E-state index < -0.39 is 0 Å². The van der Waals surface area contributed by atoms with Crippen molar-refractivity contribution in [3.05, 3.63) is 47.3 Å². The van der Waals surface area contributed by atoms with Crippen LogP contribution in [0.3, 0.4) is 0 Å². The van der Waals surface area contributed by atoms with Gasteiger partial charge in [0, 0.05) is 0 Å². The predicted molar refractivity (Wildman–Crippen MR) is 75.2 cm³/mol. The highest BCUT2D eigenvalue weighted by Crippen LogP contribution is 2.51. The van der Waals surface area contributed by atoms with Gasteiger partial charge in [-0.05, 0) is 41.9 Å². The largest absolute Gasteiger partial charge is 0.103 e. The Bertz CT molecular complexity index is 358. The third kappa shape index (κ3) is 2.74. The third-order valence-corrected chi connectivity index (χ3v) is 5.48. The molecule has 1 unspecified atom stereocenters. The molecule has 0 radical (unpaired) electrons. The first-order valence-electron chi connectivity index (χ1n) is 6.31. The average Bonchev–Trinajstić information content (AvgIpc) is 2.76. The van der Waals surface area contributed by atoms with Gasteiger partial charge < -0.3 is 0 Å². The molecular formula is C15H21P. The van der Waals surface area contributed by atoms with E-state index in [0.29, 0.717) is 0 Å². The molecule has 0 aromatic heterocycles. The highest BCUT2D eigenvalue weighted by molar-refractivity contribution is 7.61. The Hall–Kier alpha value is -0.610. The molecule has 1 aliphatic heterocycles. The summed E-state index contributed by atoms with van der Waals surface area (Å²) in [5, 5.41) is 0. The molecule has 0 nitrogen and oxygen atoms in total. The van der Waals surface area contributed by atoms with E-state index in [2.05, 4.69) is 31.5 Å². The minimum absolute atomic E-state index is 0.181. The SMILES string of the molecule is C=CCC1=CC2=CP(CCCCC)CC2=C1. The molecular weight excluding hydrogens is 211 g/mol. The molecule has 0 amide bonds. The molecule has 0 spiro atoms. The first-order chi connectivity index (χ1) is 7.83. The lowest BCUT2D eigenvalue weighted by Crippen LogP contribution is -1.86. The summed E-state index contributed by atoms with van der Waals surface area (Å²) in [6.07, 6.45) is 14.7. The van der Waals surface area contributed by atoms with E-state index in [1.807, 2.05) is 6.08 Å². The van der Waals surface area contributed by atoms with Crippen molar-refractivity contribution in [3.63, 3.8) is 0 Å². The van der Waals surface area contributed by atoms with Crippen LogP contribution in [0.1, 0.15) is 32.6 Å². The molecule has 0 N–H and O–H groups in total. The van der Waals surface area contributed by atoms with Gasteiger partial charge in [-0.1, -0.05) is 51.7 Å². The summed E-state index contributed by atoms with van der Waals surface area (Å²) in [6, 6.07) is 0. The Kier molecular flexibility index (Phi) is 4.18. The van der Waals surface area contributed by atoms with E-state index in [9.17, 15) is 0 Å². The van der Waals surface area contributed by atoms with Crippen molar-refractivity contribution in [2.24, 2.45) is 0 Å². The van der Waals surface area contributed by atoms with Crippen molar-refractivity contribution in [3.8, 4) is 0 Å². The highest BCUT2D eigenvalue weighted by Gasteiger charge is 2.22. The van der Waals surface area contributed by atoms with E-state index in [4.69, 9.17) is 0 Å². The Morgan fingerprint density at radius 3 is 2.94 bits per heavy atom. The Morgan fingerprint density at radius 2 is 2.25 bits per heavy atom. The fraction of sp³-hybridized carbons (Fsp3) is 0.467. The molecule has 0 aromatic rings. The molecule has 1 heteroatoms. The average molecular weight is 232 g/mol. The predicted octanol–water partition coefficient (Wildman–Crippen LogP) is 5.00. The molecule has 0 saturated carbocycles.